The number of nitrogens with one attached hydrogen (secondary N) is 2. The van der Waals surface area contributed by atoms with E-state index >= 15 is 0 Å². The Morgan fingerprint density at radius 2 is 2.10 bits per heavy atom. The second kappa shape index (κ2) is 7.64. The molecule has 1 unspecified atom stereocenters. The van der Waals surface area contributed by atoms with Gasteiger partial charge in [-0.1, -0.05) is 17.7 Å². The average Bonchev–Trinajstić information content (AvgIpc) is 3.30. The van der Waals surface area contributed by atoms with E-state index in [-0.39, 0.29) is 12.2 Å². The van der Waals surface area contributed by atoms with Crippen molar-refractivity contribution < 1.29 is 14.3 Å². The van der Waals surface area contributed by atoms with Crippen LogP contribution in [0.25, 0.3) is 22.3 Å². The third-order valence-electron chi connectivity index (χ3n) is 4.58. The van der Waals surface area contributed by atoms with Crippen LogP contribution in [0.2, 0.25) is 5.02 Å². The van der Waals surface area contributed by atoms with Crippen molar-refractivity contribution in [2.24, 2.45) is 0 Å². The summed E-state index contributed by atoms with van der Waals surface area (Å²) >= 11 is 6.18. The van der Waals surface area contributed by atoms with Crippen molar-refractivity contribution in [3.8, 4) is 17.4 Å². The van der Waals surface area contributed by atoms with Crippen LogP contribution >= 0.6 is 11.6 Å². The maximum absolute atomic E-state index is 12.3. The van der Waals surface area contributed by atoms with Crippen molar-refractivity contribution >= 4 is 28.5 Å². The Bertz CT molecular complexity index is 1150. The number of halogens is 1. The van der Waals surface area contributed by atoms with Gasteiger partial charge in [-0.25, -0.2) is 19.7 Å². The number of pyridine rings is 1. The molecule has 1 aliphatic heterocycles. The Labute approximate surface area is 177 Å². The van der Waals surface area contributed by atoms with E-state index in [2.05, 4.69) is 20.2 Å². The van der Waals surface area contributed by atoms with Crippen LogP contribution in [0.4, 0.5) is 4.79 Å². The van der Waals surface area contributed by atoms with Gasteiger partial charge in [-0.2, -0.15) is 5.10 Å². The summed E-state index contributed by atoms with van der Waals surface area (Å²) in [7, 11) is 0. The zero-order chi connectivity index (χ0) is 21.5. The number of likely N-dealkylation sites (tertiary alicyclic amines) is 1. The number of carbonyl (C=O) groups is 1. The smallest absolute Gasteiger partial charge is 0.410 e. The number of aromatic amines is 2. The van der Waals surface area contributed by atoms with Crippen LogP contribution in [-0.4, -0.2) is 56.0 Å². The molecule has 3 aromatic rings. The molecule has 1 amide bonds. The summed E-state index contributed by atoms with van der Waals surface area (Å²) in [4.78, 5) is 32.5. The van der Waals surface area contributed by atoms with Gasteiger partial charge in [0, 0.05) is 23.4 Å². The number of benzene rings is 1. The molecule has 158 valence electrons. The fourth-order valence-electron chi connectivity index (χ4n) is 3.27. The normalized spacial score (nSPS) is 16.8. The molecule has 1 aliphatic rings. The molecule has 0 saturated carbocycles. The molecule has 9 nitrogen and oxygen atoms in total. The molecule has 3 heterocycles. The quantitative estimate of drug-likeness (QED) is 0.657. The molecular weight excluding hydrogens is 410 g/mol. The molecule has 2 N–H and O–H groups in total. The Kier molecular flexibility index (Phi) is 5.15. The van der Waals surface area contributed by atoms with Gasteiger partial charge in [0.1, 0.15) is 17.4 Å². The third-order valence-corrected chi connectivity index (χ3v) is 4.81. The topological polar surface area (TPSA) is 113 Å². The lowest BCUT2D eigenvalue weighted by Gasteiger charge is -2.24. The van der Waals surface area contributed by atoms with E-state index < -0.39 is 11.3 Å². The first-order valence-corrected chi connectivity index (χ1v) is 9.96. The van der Waals surface area contributed by atoms with Crippen molar-refractivity contribution in [2.45, 2.75) is 38.9 Å². The molecule has 30 heavy (non-hydrogen) atoms. The SMILES string of the molecule is CC(C)(C)OC(=O)N1CCC(Oc2nc(-c3n[nH]c(=O)[nH]3)cc3ccc(Cl)cc23)C1. The van der Waals surface area contributed by atoms with Crippen LogP contribution in [0.5, 0.6) is 5.88 Å². The third kappa shape index (κ3) is 4.40. The monoisotopic (exact) mass is 431 g/mol. The standard InChI is InChI=1S/C20H22ClN5O4/c1-20(2,3)30-19(28)26-7-6-13(10-26)29-17-14-9-12(21)5-4-11(14)8-15(22-17)16-23-18(27)25-24-16/h4-5,8-9,13H,6-7,10H2,1-3H3,(H2,23,24,25,27). The van der Waals surface area contributed by atoms with E-state index in [0.717, 1.165) is 10.8 Å². The van der Waals surface area contributed by atoms with Crippen molar-refractivity contribution in [3.05, 3.63) is 39.8 Å². The molecule has 1 saturated heterocycles. The molecule has 4 rings (SSSR count). The number of ether oxygens (including phenoxy) is 2. The minimum atomic E-state index is -0.556. The van der Waals surface area contributed by atoms with Gasteiger partial charge >= 0.3 is 11.8 Å². The lowest BCUT2D eigenvalue weighted by molar-refractivity contribution is 0.0275. The van der Waals surface area contributed by atoms with Crippen LogP contribution in [0.15, 0.2) is 29.1 Å². The summed E-state index contributed by atoms with van der Waals surface area (Å²) in [6.45, 7) is 6.42. The summed E-state index contributed by atoms with van der Waals surface area (Å²) in [5.74, 6) is 0.674. The van der Waals surface area contributed by atoms with E-state index in [0.29, 0.717) is 41.9 Å². The fourth-order valence-corrected chi connectivity index (χ4v) is 3.44. The molecule has 0 spiro atoms. The summed E-state index contributed by atoms with van der Waals surface area (Å²) in [6, 6.07) is 7.19. The Morgan fingerprint density at radius 3 is 2.80 bits per heavy atom. The molecule has 0 bridgehead atoms. The highest BCUT2D eigenvalue weighted by molar-refractivity contribution is 6.31. The van der Waals surface area contributed by atoms with E-state index in [9.17, 15) is 9.59 Å². The first kappa shape index (κ1) is 20.2. The van der Waals surface area contributed by atoms with Crippen LogP contribution in [0.3, 0.4) is 0 Å². The van der Waals surface area contributed by atoms with Gasteiger partial charge in [-0.15, -0.1) is 0 Å². The molecule has 1 atom stereocenters. The minimum Gasteiger partial charge on any atom is -0.472 e. The lowest BCUT2D eigenvalue weighted by atomic mass is 10.1. The first-order valence-electron chi connectivity index (χ1n) is 9.58. The van der Waals surface area contributed by atoms with Crippen molar-refractivity contribution in [1.29, 1.82) is 0 Å². The molecule has 1 aromatic carbocycles. The number of rotatable bonds is 3. The highest BCUT2D eigenvalue weighted by Crippen LogP contribution is 2.31. The maximum Gasteiger partial charge on any atom is 0.410 e. The van der Waals surface area contributed by atoms with Gasteiger partial charge < -0.3 is 14.4 Å². The zero-order valence-corrected chi connectivity index (χ0v) is 17.6. The Balaban J connectivity index is 1.61. The number of amides is 1. The van der Waals surface area contributed by atoms with Crippen molar-refractivity contribution in [2.75, 3.05) is 13.1 Å². The highest BCUT2D eigenvalue weighted by atomic mass is 35.5. The number of hydrogen-bond donors (Lipinski definition) is 2. The number of carbonyl (C=O) groups excluding carboxylic acids is 1. The fraction of sp³-hybridized carbons (Fsp3) is 0.400. The largest absolute Gasteiger partial charge is 0.472 e. The molecule has 0 radical (unpaired) electrons. The van der Waals surface area contributed by atoms with Gasteiger partial charge in [0.2, 0.25) is 5.88 Å². The summed E-state index contributed by atoms with van der Waals surface area (Å²) in [6.07, 6.45) is 0.0323. The van der Waals surface area contributed by atoms with Gasteiger partial charge in [-0.3, -0.25) is 4.98 Å². The second-order valence-corrected chi connectivity index (χ2v) is 8.60. The molecule has 2 aromatic heterocycles. The van der Waals surface area contributed by atoms with Gasteiger partial charge in [0.25, 0.3) is 0 Å². The predicted molar refractivity (Wildman–Crippen MR) is 112 cm³/mol. The summed E-state index contributed by atoms with van der Waals surface area (Å²) < 4.78 is 11.6. The van der Waals surface area contributed by atoms with E-state index in [1.54, 1.807) is 23.1 Å². The Morgan fingerprint density at radius 1 is 1.30 bits per heavy atom. The predicted octanol–water partition coefficient (Wildman–Crippen LogP) is 3.35. The minimum absolute atomic E-state index is 0.249. The van der Waals surface area contributed by atoms with Gasteiger partial charge in [0.15, 0.2) is 5.82 Å². The van der Waals surface area contributed by atoms with E-state index in [1.165, 1.54) is 0 Å². The summed E-state index contributed by atoms with van der Waals surface area (Å²) in [5.41, 5.74) is -0.520. The molecule has 10 heteroatoms. The summed E-state index contributed by atoms with van der Waals surface area (Å²) in [5, 5.41) is 8.41. The number of fused-ring (bicyclic) bond motifs is 1. The Hall–Kier alpha value is -3.07. The van der Waals surface area contributed by atoms with Crippen molar-refractivity contribution in [3.63, 3.8) is 0 Å². The van der Waals surface area contributed by atoms with E-state index in [1.807, 2.05) is 26.8 Å². The van der Waals surface area contributed by atoms with Crippen LogP contribution in [0.1, 0.15) is 27.2 Å². The van der Waals surface area contributed by atoms with Crippen molar-refractivity contribution in [1.82, 2.24) is 25.1 Å². The first-order chi connectivity index (χ1) is 14.2. The van der Waals surface area contributed by atoms with Crippen LogP contribution in [-0.2, 0) is 4.74 Å². The molecular formula is C20H22ClN5O4. The maximum atomic E-state index is 12.3. The van der Waals surface area contributed by atoms with Crippen LogP contribution in [0, 0.1) is 0 Å². The second-order valence-electron chi connectivity index (χ2n) is 8.16. The van der Waals surface area contributed by atoms with E-state index in [4.69, 9.17) is 21.1 Å². The zero-order valence-electron chi connectivity index (χ0n) is 16.9. The highest BCUT2D eigenvalue weighted by Gasteiger charge is 2.31. The van der Waals surface area contributed by atoms with Crippen LogP contribution < -0.4 is 10.4 Å². The number of H-pyrrole nitrogens is 2. The number of aromatic nitrogens is 4. The lowest BCUT2D eigenvalue weighted by Crippen LogP contribution is -2.36. The molecule has 0 aliphatic carbocycles. The number of hydrogen-bond acceptors (Lipinski definition) is 6. The number of nitrogens with zero attached hydrogens (tertiary/aromatic N) is 3. The average molecular weight is 432 g/mol. The van der Waals surface area contributed by atoms with Gasteiger partial charge in [0.05, 0.1) is 6.54 Å². The van der Waals surface area contributed by atoms with Gasteiger partial charge in [-0.05, 0) is 44.4 Å². The molecule has 1 fully saturated rings.